The molecule has 196 valence electrons. The van der Waals surface area contributed by atoms with Crippen LogP contribution in [0.4, 0.5) is 11.5 Å². The summed E-state index contributed by atoms with van der Waals surface area (Å²) in [5.74, 6) is 0.438. The lowest BCUT2D eigenvalue weighted by Gasteiger charge is -2.34. The van der Waals surface area contributed by atoms with Crippen LogP contribution in [0, 0.1) is 5.92 Å². The molecule has 12 heteroatoms. The highest BCUT2D eigenvalue weighted by Crippen LogP contribution is 2.36. The third-order valence-corrected chi connectivity index (χ3v) is 7.00. The number of carbonyl (C=O) groups is 2. The predicted octanol–water partition coefficient (Wildman–Crippen LogP) is 2.11. The number of ether oxygens (including phenoxy) is 2. The minimum atomic E-state index is -0.661. The number of pyridine rings is 1. The van der Waals surface area contributed by atoms with Crippen molar-refractivity contribution >= 4 is 34.4 Å². The smallest absolute Gasteiger partial charge is 0.269 e. The van der Waals surface area contributed by atoms with Crippen LogP contribution in [0.2, 0.25) is 0 Å². The van der Waals surface area contributed by atoms with E-state index < -0.39 is 5.91 Å². The summed E-state index contributed by atoms with van der Waals surface area (Å²) in [6.07, 6.45) is 2.32. The van der Waals surface area contributed by atoms with Gasteiger partial charge in [-0.3, -0.25) is 14.7 Å². The first-order valence-electron chi connectivity index (χ1n) is 12.6. The van der Waals surface area contributed by atoms with E-state index >= 15 is 0 Å². The molecular formula is C26H28N8O4. The molecule has 6 rings (SSSR count). The third-order valence-electron chi connectivity index (χ3n) is 7.00. The van der Waals surface area contributed by atoms with Gasteiger partial charge in [-0.15, -0.1) is 0 Å². The van der Waals surface area contributed by atoms with Gasteiger partial charge >= 0.3 is 0 Å². The monoisotopic (exact) mass is 516 g/mol. The zero-order valence-electron chi connectivity index (χ0n) is 20.9. The Hall–Kier alpha value is -4.29. The number of nitrogens with two attached hydrogens (primary N) is 1. The number of carbonyl (C=O) groups excluding carboxylic acids is 2. The molecule has 2 amide bonds. The highest BCUT2D eigenvalue weighted by atomic mass is 16.5. The van der Waals surface area contributed by atoms with Crippen LogP contribution in [0.1, 0.15) is 23.8 Å². The van der Waals surface area contributed by atoms with Gasteiger partial charge in [0, 0.05) is 24.9 Å². The van der Waals surface area contributed by atoms with E-state index in [1.165, 1.54) is 0 Å². The van der Waals surface area contributed by atoms with E-state index in [0.717, 1.165) is 23.4 Å². The number of anilines is 2. The molecule has 2 fully saturated rings. The summed E-state index contributed by atoms with van der Waals surface area (Å²) in [6, 6.07) is 11.3. The predicted molar refractivity (Wildman–Crippen MR) is 140 cm³/mol. The van der Waals surface area contributed by atoms with Gasteiger partial charge in [-0.2, -0.15) is 14.9 Å². The van der Waals surface area contributed by atoms with Crippen molar-refractivity contribution in [3.05, 3.63) is 48.3 Å². The number of nitrogens with zero attached hydrogens (tertiary/aromatic N) is 5. The summed E-state index contributed by atoms with van der Waals surface area (Å²) >= 11 is 0. The number of benzene rings is 1. The second-order valence-electron chi connectivity index (χ2n) is 9.54. The number of rotatable bonds is 6. The lowest BCUT2D eigenvalue weighted by molar-refractivity contribution is -0.119. The first-order chi connectivity index (χ1) is 18.5. The van der Waals surface area contributed by atoms with E-state index in [1.807, 2.05) is 30.3 Å². The number of H-pyrrole nitrogens is 1. The largest absolute Gasteiger partial charge is 0.381 e. The van der Waals surface area contributed by atoms with Crippen LogP contribution in [0.25, 0.3) is 28.0 Å². The van der Waals surface area contributed by atoms with Crippen molar-refractivity contribution in [3.8, 4) is 16.9 Å². The Labute approximate surface area is 218 Å². The number of morpholine rings is 1. The highest BCUT2D eigenvalue weighted by Gasteiger charge is 2.27. The van der Waals surface area contributed by atoms with Gasteiger partial charge in [0.05, 0.1) is 43.4 Å². The molecule has 4 aromatic rings. The number of aromatic nitrogens is 5. The summed E-state index contributed by atoms with van der Waals surface area (Å²) in [7, 11) is 0. The number of amides is 2. The molecule has 1 aromatic carbocycles. The zero-order chi connectivity index (χ0) is 26.2. The lowest BCUT2D eigenvalue weighted by Crippen LogP contribution is -2.44. The molecule has 0 aliphatic carbocycles. The van der Waals surface area contributed by atoms with Crippen LogP contribution < -0.4 is 16.0 Å². The SMILES string of the molecule is C[C@@H]1COCCN1c1cc(-c2ccc(NC(=O)C3CCOC3)cc2)c2c(C(N)=O)nn(-c3ccn[nH]3)c2n1. The summed E-state index contributed by atoms with van der Waals surface area (Å²) in [5, 5.41) is 14.9. The second kappa shape index (κ2) is 9.88. The molecule has 2 atom stereocenters. The normalized spacial score (nSPS) is 19.7. The van der Waals surface area contributed by atoms with Crippen LogP contribution >= 0.6 is 0 Å². The molecule has 4 N–H and O–H groups in total. The summed E-state index contributed by atoms with van der Waals surface area (Å²) in [5.41, 5.74) is 8.63. The maximum atomic E-state index is 12.5. The molecule has 3 aromatic heterocycles. The molecule has 12 nitrogen and oxygen atoms in total. The third kappa shape index (κ3) is 4.37. The first kappa shape index (κ1) is 24.1. The molecule has 2 aliphatic rings. The number of nitrogens with one attached hydrogen (secondary N) is 2. The summed E-state index contributed by atoms with van der Waals surface area (Å²) in [4.78, 5) is 32.2. The van der Waals surface area contributed by atoms with Gasteiger partial charge < -0.3 is 25.4 Å². The molecule has 0 bridgehead atoms. The minimum absolute atomic E-state index is 0.0537. The number of hydrogen-bond donors (Lipinski definition) is 3. The zero-order valence-corrected chi connectivity index (χ0v) is 20.9. The van der Waals surface area contributed by atoms with Crippen LogP contribution in [-0.4, -0.2) is 75.8 Å². The van der Waals surface area contributed by atoms with Crippen molar-refractivity contribution in [2.75, 3.05) is 43.2 Å². The fourth-order valence-electron chi connectivity index (χ4n) is 4.97. The number of primary amides is 1. The number of fused-ring (bicyclic) bond motifs is 1. The Morgan fingerprint density at radius 1 is 1.13 bits per heavy atom. The standard InChI is InChI=1S/C26H28N8O4/c1-15-13-38-11-9-33(15)21-12-19(16-2-4-18(5-3-16)29-26(36)17-7-10-37-14-17)22-23(24(27)35)32-34(25(22)30-21)20-6-8-28-31-20/h2-6,8,12,15,17H,7,9-11,13-14H2,1H3,(H2,27,35)(H,28,31)(H,29,36)/t15-,17?/m1/s1. The van der Waals surface area contributed by atoms with E-state index in [4.69, 9.17) is 20.2 Å². The van der Waals surface area contributed by atoms with Crippen molar-refractivity contribution in [2.24, 2.45) is 11.7 Å². The van der Waals surface area contributed by atoms with E-state index in [9.17, 15) is 9.59 Å². The van der Waals surface area contributed by atoms with Gasteiger partial charge in [0.25, 0.3) is 5.91 Å². The Bertz CT molecular complexity index is 1480. The van der Waals surface area contributed by atoms with E-state index in [-0.39, 0.29) is 23.6 Å². The minimum Gasteiger partial charge on any atom is -0.381 e. The number of hydrogen-bond acceptors (Lipinski definition) is 8. The van der Waals surface area contributed by atoms with Crippen molar-refractivity contribution in [1.82, 2.24) is 25.0 Å². The molecule has 5 heterocycles. The van der Waals surface area contributed by atoms with Crippen molar-refractivity contribution in [3.63, 3.8) is 0 Å². The topological polar surface area (TPSA) is 153 Å². The van der Waals surface area contributed by atoms with Crippen LogP contribution in [0.5, 0.6) is 0 Å². The molecule has 0 radical (unpaired) electrons. The Kier molecular flexibility index (Phi) is 6.26. The Balaban J connectivity index is 1.47. The molecule has 38 heavy (non-hydrogen) atoms. The average molecular weight is 517 g/mol. The molecule has 2 saturated heterocycles. The van der Waals surface area contributed by atoms with E-state index in [2.05, 4.69) is 32.4 Å². The van der Waals surface area contributed by atoms with E-state index in [0.29, 0.717) is 55.5 Å². The van der Waals surface area contributed by atoms with Gasteiger partial charge in [0.1, 0.15) is 5.82 Å². The Morgan fingerprint density at radius 3 is 2.63 bits per heavy atom. The Morgan fingerprint density at radius 2 is 1.95 bits per heavy atom. The van der Waals surface area contributed by atoms with Crippen LogP contribution in [0.3, 0.4) is 0 Å². The van der Waals surface area contributed by atoms with Crippen LogP contribution in [-0.2, 0) is 14.3 Å². The maximum Gasteiger partial charge on any atom is 0.269 e. The molecule has 1 unspecified atom stereocenters. The van der Waals surface area contributed by atoms with Gasteiger partial charge in [-0.1, -0.05) is 12.1 Å². The van der Waals surface area contributed by atoms with Gasteiger partial charge in [-0.05, 0) is 42.7 Å². The molecule has 0 spiro atoms. The fourth-order valence-corrected chi connectivity index (χ4v) is 4.97. The molecule has 0 saturated carbocycles. The fraction of sp³-hybridized carbons (Fsp3) is 0.346. The van der Waals surface area contributed by atoms with Crippen molar-refractivity contribution in [1.29, 1.82) is 0 Å². The average Bonchev–Trinajstić information content (AvgIpc) is 3.70. The maximum absolute atomic E-state index is 12.5. The first-order valence-corrected chi connectivity index (χ1v) is 12.6. The molecule has 2 aliphatic heterocycles. The molecular weight excluding hydrogens is 488 g/mol. The second-order valence-corrected chi connectivity index (χ2v) is 9.54. The highest BCUT2D eigenvalue weighted by molar-refractivity contribution is 6.10. The van der Waals surface area contributed by atoms with Gasteiger partial charge in [0.2, 0.25) is 5.91 Å². The van der Waals surface area contributed by atoms with Crippen molar-refractivity contribution in [2.45, 2.75) is 19.4 Å². The summed E-state index contributed by atoms with van der Waals surface area (Å²) < 4.78 is 12.5. The van der Waals surface area contributed by atoms with E-state index in [1.54, 1.807) is 16.9 Å². The summed E-state index contributed by atoms with van der Waals surface area (Å²) in [6.45, 7) is 4.98. The van der Waals surface area contributed by atoms with Gasteiger partial charge in [0.15, 0.2) is 17.2 Å². The lowest BCUT2D eigenvalue weighted by atomic mass is 10.0. The van der Waals surface area contributed by atoms with Gasteiger partial charge in [-0.25, -0.2) is 4.98 Å². The van der Waals surface area contributed by atoms with Crippen molar-refractivity contribution < 1.29 is 19.1 Å². The quantitative estimate of drug-likeness (QED) is 0.352. The van der Waals surface area contributed by atoms with Crippen LogP contribution in [0.15, 0.2) is 42.6 Å². The number of aromatic amines is 1.